The van der Waals surface area contributed by atoms with Crippen LogP contribution in [0.2, 0.25) is 10.0 Å². The summed E-state index contributed by atoms with van der Waals surface area (Å²) in [7, 11) is 8.35. The van der Waals surface area contributed by atoms with Crippen molar-refractivity contribution in [3.63, 3.8) is 0 Å². The van der Waals surface area contributed by atoms with Crippen molar-refractivity contribution in [2.75, 3.05) is 41.3 Å². The van der Waals surface area contributed by atoms with E-state index in [1.165, 1.54) is 10.0 Å². The van der Waals surface area contributed by atoms with Crippen LogP contribution in [0.5, 0.6) is 0 Å². The Balaban J connectivity index is 0. The zero-order valence-electron chi connectivity index (χ0n) is 10.4. The molecule has 0 N–H and O–H groups in total. The molecule has 0 aliphatic carbocycles. The van der Waals surface area contributed by atoms with E-state index in [1.54, 1.807) is 0 Å². The summed E-state index contributed by atoms with van der Waals surface area (Å²) in [5.41, 5.74) is 0. The van der Waals surface area contributed by atoms with Gasteiger partial charge in [-0.3, -0.25) is 0 Å². The molecular formula is C10H26N2Zn. The maximum atomic E-state index is 2.30. The van der Waals surface area contributed by atoms with Gasteiger partial charge in [-0.15, -0.1) is 0 Å². The summed E-state index contributed by atoms with van der Waals surface area (Å²) < 4.78 is 0. The van der Waals surface area contributed by atoms with Crippen LogP contribution in [0.4, 0.5) is 0 Å². The second-order valence-corrected chi connectivity index (χ2v) is 9.64. The fourth-order valence-electron chi connectivity index (χ4n) is 0.754. The van der Waals surface area contributed by atoms with Crippen molar-refractivity contribution in [2.24, 2.45) is 0 Å². The van der Waals surface area contributed by atoms with Crippen molar-refractivity contribution in [2.45, 2.75) is 23.9 Å². The van der Waals surface area contributed by atoms with Crippen molar-refractivity contribution in [3.05, 3.63) is 0 Å². The summed E-state index contributed by atoms with van der Waals surface area (Å²) in [6, 6.07) is 0. The minimum atomic E-state index is 0.0972. The maximum absolute atomic E-state index is 2.30. The molecule has 0 radical (unpaired) electrons. The summed E-state index contributed by atoms with van der Waals surface area (Å²) in [6.45, 7) is 6.88. The van der Waals surface area contributed by atoms with Crippen molar-refractivity contribution >= 4 is 0 Å². The zero-order chi connectivity index (χ0) is 10.7. The molecule has 0 fully saturated rings. The predicted molar refractivity (Wildman–Crippen MR) is 58.1 cm³/mol. The van der Waals surface area contributed by atoms with Crippen LogP contribution >= 0.6 is 0 Å². The molecule has 0 aromatic rings. The van der Waals surface area contributed by atoms with Crippen LogP contribution in [0.3, 0.4) is 0 Å². The summed E-state index contributed by atoms with van der Waals surface area (Å²) in [4.78, 5) is 4.36. The molecule has 13 heavy (non-hydrogen) atoms. The van der Waals surface area contributed by atoms with Gasteiger partial charge in [0, 0.05) is 13.1 Å². The van der Waals surface area contributed by atoms with Gasteiger partial charge in [-0.25, -0.2) is 0 Å². The van der Waals surface area contributed by atoms with Crippen molar-refractivity contribution in [3.8, 4) is 0 Å². The number of hydrogen-bond acceptors (Lipinski definition) is 2. The Bertz CT molecular complexity index is 75.0. The number of nitrogens with zero attached hydrogens (tertiary/aromatic N) is 2. The molecule has 0 atom stereocenters. The molecule has 0 rings (SSSR count). The first-order valence-corrected chi connectivity index (χ1v) is 9.53. The van der Waals surface area contributed by atoms with Gasteiger partial charge in [0.2, 0.25) is 0 Å². The van der Waals surface area contributed by atoms with Crippen LogP contribution in [-0.4, -0.2) is 51.1 Å². The van der Waals surface area contributed by atoms with E-state index in [9.17, 15) is 0 Å². The first kappa shape index (κ1) is 16.0. The fraction of sp³-hybridized carbons (Fsp3) is 1.00. The van der Waals surface area contributed by atoms with E-state index in [-0.39, 0.29) is 17.1 Å². The molecule has 0 unspecified atom stereocenters. The molecule has 0 saturated heterocycles. The summed E-state index contributed by atoms with van der Waals surface area (Å²) in [5.74, 6) is 0. The second-order valence-electron chi connectivity index (χ2n) is 3.96. The first-order chi connectivity index (χ1) is 6.04. The normalized spacial score (nSPS) is 9.54. The van der Waals surface area contributed by atoms with E-state index >= 15 is 0 Å². The third-order valence-electron chi connectivity index (χ3n) is 1.70. The van der Waals surface area contributed by atoms with E-state index in [0.717, 1.165) is 13.1 Å². The van der Waals surface area contributed by atoms with Gasteiger partial charge in [-0.2, -0.15) is 0 Å². The Morgan fingerprint density at radius 2 is 1.08 bits per heavy atom. The van der Waals surface area contributed by atoms with Gasteiger partial charge < -0.3 is 9.80 Å². The average molecular weight is 240 g/mol. The molecule has 0 heterocycles. The second kappa shape index (κ2) is 12.5. The van der Waals surface area contributed by atoms with Crippen molar-refractivity contribution < 1.29 is 17.1 Å². The van der Waals surface area contributed by atoms with Crippen LogP contribution in [0, 0.1) is 0 Å². The Labute approximate surface area is 92.3 Å². The molecule has 0 spiro atoms. The number of likely N-dealkylation sites (N-methyl/N-ethyl adjacent to an activating group) is 2. The minimum absolute atomic E-state index is 0.0972. The molecule has 0 aliphatic rings. The van der Waals surface area contributed by atoms with Crippen molar-refractivity contribution in [1.82, 2.24) is 9.80 Å². The molecule has 0 saturated carbocycles. The quantitative estimate of drug-likeness (QED) is 0.678. The monoisotopic (exact) mass is 238 g/mol. The Hall–Kier alpha value is 0.543. The average Bonchev–Trinajstić information content (AvgIpc) is 2.03. The SMILES string of the molecule is CN(C)CCN(C)C.C[CH2][Zn][CH2]C. The van der Waals surface area contributed by atoms with E-state index in [4.69, 9.17) is 0 Å². The molecule has 0 amide bonds. The van der Waals surface area contributed by atoms with Crippen LogP contribution in [-0.2, 0) is 17.1 Å². The zero-order valence-corrected chi connectivity index (χ0v) is 13.4. The van der Waals surface area contributed by atoms with Crippen LogP contribution in [0.1, 0.15) is 13.8 Å². The van der Waals surface area contributed by atoms with Crippen LogP contribution < -0.4 is 0 Å². The topological polar surface area (TPSA) is 6.48 Å². The number of hydrogen-bond donors (Lipinski definition) is 0. The first-order valence-electron chi connectivity index (χ1n) is 5.34. The van der Waals surface area contributed by atoms with Gasteiger partial charge in [0.1, 0.15) is 0 Å². The van der Waals surface area contributed by atoms with Gasteiger partial charge in [0.05, 0.1) is 0 Å². The molecule has 2 nitrogen and oxygen atoms in total. The molecule has 78 valence electrons. The van der Waals surface area contributed by atoms with E-state index in [2.05, 4.69) is 51.8 Å². The van der Waals surface area contributed by atoms with Crippen molar-refractivity contribution in [1.29, 1.82) is 0 Å². The molecule has 0 aromatic heterocycles. The fourth-order valence-corrected chi connectivity index (χ4v) is 2.24. The summed E-state index contributed by atoms with van der Waals surface area (Å²) in [5, 5.41) is 3.06. The van der Waals surface area contributed by atoms with Gasteiger partial charge in [0.25, 0.3) is 0 Å². The third-order valence-corrected chi connectivity index (χ3v) is 4.67. The Morgan fingerprint density at radius 3 is 1.15 bits per heavy atom. The Kier molecular flexibility index (Phi) is 15.4. The molecule has 0 aromatic carbocycles. The Morgan fingerprint density at radius 1 is 0.769 bits per heavy atom. The van der Waals surface area contributed by atoms with E-state index in [0.29, 0.717) is 0 Å². The van der Waals surface area contributed by atoms with Gasteiger partial charge in [-0.1, -0.05) is 0 Å². The van der Waals surface area contributed by atoms with Crippen LogP contribution in [0.15, 0.2) is 0 Å². The summed E-state index contributed by atoms with van der Waals surface area (Å²) in [6.07, 6.45) is 0. The van der Waals surface area contributed by atoms with Crippen LogP contribution in [0.25, 0.3) is 0 Å². The third kappa shape index (κ3) is 24.5. The summed E-state index contributed by atoms with van der Waals surface area (Å²) >= 11 is 0.0972. The van der Waals surface area contributed by atoms with E-state index in [1.807, 2.05) is 0 Å². The molecule has 0 aliphatic heterocycles. The van der Waals surface area contributed by atoms with E-state index < -0.39 is 0 Å². The number of rotatable bonds is 5. The molecule has 3 heteroatoms. The van der Waals surface area contributed by atoms with Gasteiger partial charge >= 0.3 is 41.0 Å². The van der Waals surface area contributed by atoms with Gasteiger partial charge in [0.15, 0.2) is 0 Å². The molecular weight excluding hydrogens is 214 g/mol. The predicted octanol–water partition coefficient (Wildman–Crippen LogP) is 2.05. The molecule has 0 bridgehead atoms. The standard InChI is InChI=1S/C6H16N2.2C2H5.Zn/c1-7(2)5-6-8(3)4;2*1-2;/h5-6H2,1-4H3;2*1H2,2H3;. The van der Waals surface area contributed by atoms with Gasteiger partial charge in [-0.05, 0) is 28.2 Å².